The number of aliphatic hydroxyl groups is 1. The molecule has 1 unspecified atom stereocenters. The van der Waals surface area contributed by atoms with E-state index in [1.54, 1.807) is 0 Å². The first-order valence-electron chi connectivity index (χ1n) is 6.65. The highest BCUT2D eigenvalue weighted by molar-refractivity contribution is 5.81. The highest BCUT2D eigenvalue weighted by Crippen LogP contribution is 2.25. The van der Waals surface area contributed by atoms with Crippen LogP contribution in [0.4, 0.5) is 8.78 Å². The second-order valence-corrected chi connectivity index (χ2v) is 4.74. The van der Waals surface area contributed by atoms with Gasteiger partial charge in [-0.3, -0.25) is 4.79 Å². The average molecular weight is 301 g/mol. The highest BCUT2D eigenvalue weighted by atomic mass is 19.1. The second-order valence-electron chi connectivity index (χ2n) is 4.74. The summed E-state index contributed by atoms with van der Waals surface area (Å²) in [6.45, 7) is 2.70. The zero-order chi connectivity index (χ0) is 15.4. The van der Waals surface area contributed by atoms with Crippen molar-refractivity contribution < 1.29 is 28.2 Å². The summed E-state index contributed by atoms with van der Waals surface area (Å²) in [5.74, 6) is -2.84. The topological polar surface area (TPSA) is 59.0 Å². The van der Waals surface area contributed by atoms with Gasteiger partial charge in [0.25, 0.3) is 5.91 Å². The van der Waals surface area contributed by atoms with Gasteiger partial charge in [0, 0.05) is 13.1 Å². The quantitative estimate of drug-likeness (QED) is 0.904. The lowest BCUT2D eigenvalue weighted by Gasteiger charge is -2.29. The van der Waals surface area contributed by atoms with E-state index in [9.17, 15) is 13.6 Å². The fraction of sp³-hybridized carbons (Fsp3) is 0.500. The van der Waals surface area contributed by atoms with Crippen LogP contribution < -0.4 is 4.74 Å². The lowest BCUT2D eigenvalue weighted by Crippen LogP contribution is -2.46. The lowest BCUT2D eigenvalue weighted by molar-refractivity contribution is -0.142. The van der Waals surface area contributed by atoms with Gasteiger partial charge in [0.05, 0.1) is 19.8 Å². The molecule has 1 aromatic rings. The van der Waals surface area contributed by atoms with E-state index < -0.39 is 30.1 Å². The van der Waals surface area contributed by atoms with Crippen molar-refractivity contribution in [1.82, 2.24) is 4.90 Å². The molecule has 2 rings (SSSR count). The largest absolute Gasteiger partial charge is 0.475 e. The minimum absolute atomic E-state index is 0.101. The Labute approximate surface area is 121 Å². The van der Waals surface area contributed by atoms with Crippen LogP contribution >= 0.6 is 0 Å². The van der Waals surface area contributed by atoms with Crippen LogP contribution in [0, 0.1) is 11.6 Å². The predicted molar refractivity (Wildman–Crippen MR) is 69.8 cm³/mol. The molecule has 1 aromatic carbocycles. The van der Waals surface area contributed by atoms with E-state index in [1.165, 1.54) is 11.8 Å². The van der Waals surface area contributed by atoms with Crippen molar-refractivity contribution in [1.29, 1.82) is 0 Å². The summed E-state index contributed by atoms with van der Waals surface area (Å²) in [7, 11) is 0. The molecular weight excluding hydrogens is 284 g/mol. The van der Waals surface area contributed by atoms with Gasteiger partial charge >= 0.3 is 0 Å². The van der Waals surface area contributed by atoms with Crippen LogP contribution in [0.5, 0.6) is 5.75 Å². The average Bonchev–Trinajstić information content (AvgIpc) is 2.50. The van der Waals surface area contributed by atoms with E-state index in [4.69, 9.17) is 14.6 Å². The molecule has 1 aliphatic heterocycles. The van der Waals surface area contributed by atoms with Gasteiger partial charge in [0.2, 0.25) is 0 Å². The number of rotatable bonds is 4. The van der Waals surface area contributed by atoms with Crippen LogP contribution in [0.15, 0.2) is 12.1 Å². The van der Waals surface area contributed by atoms with Crippen molar-refractivity contribution in [2.24, 2.45) is 0 Å². The summed E-state index contributed by atoms with van der Waals surface area (Å²) in [4.78, 5) is 13.6. The molecule has 0 spiro atoms. The number of hydrogen-bond donors (Lipinski definition) is 1. The Kier molecular flexibility index (Phi) is 5.08. The van der Waals surface area contributed by atoms with E-state index in [0.717, 1.165) is 12.1 Å². The molecule has 21 heavy (non-hydrogen) atoms. The predicted octanol–water partition coefficient (Wildman–Crippen LogP) is 1.08. The molecule has 1 saturated heterocycles. The maximum atomic E-state index is 13.7. The van der Waals surface area contributed by atoms with Crippen molar-refractivity contribution >= 4 is 5.91 Å². The Bertz CT molecular complexity index is 495. The summed E-state index contributed by atoms with van der Waals surface area (Å²) < 4.78 is 37.7. The molecule has 0 radical (unpaired) electrons. The van der Waals surface area contributed by atoms with Crippen molar-refractivity contribution in [3.05, 3.63) is 29.3 Å². The molecular formula is C14H17F2NO4. The summed E-state index contributed by atoms with van der Waals surface area (Å²) in [5.41, 5.74) is 0.101. The van der Waals surface area contributed by atoms with Gasteiger partial charge in [-0.05, 0) is 24.6 Å². The smallest absolute Gasteiger partial charge is 0.263 e. The van der Waals surface area contributed by atoms with Crippen molar-refractivity contribution in [3.63, 3.8) is 0 Å². The normalized spacial score (nSPS) is 16.7. The molecule has 1 fully saturated rings. The number of morpholine rings is 1. The third-order valence-electron chi connectivity index (χ3n) is 3.21. The molecule has 0 bridgehead atoms. The Hall–Kier alpha value is -1.73. The van der Waals surface area contributed by atoms with Crippen LogP contribution in [-0.4, -0.2) is 48.3 Å². The number of ether oxygens (including phenoxy) is 2. The van der Waals surface area contributed by atoms with Crippen molar-refractivity contribution in [2.75, 3.05) is 26.3 Å². The van der Waals surface area contributed by atoms with Crippen molar-refractivity contribution in [2.45, 2.75) is 19.6 Å². The van der Waals surface area contributed by atoms with Crippen LogP contribution in [-0.2, 0) is 16.1 Å². The maximum Gasteiger partial charge on any atom is 0.263 e. The third-order valence-corrected chi connectivity index (χ3v) is 3.21. The van der Waals surface area contributed by atoms with Gasteiger partial charge in [-0.25, -0.2) is 8.78 Å². The first-order valence-corrected chi connectivity index (χ1v) is 6.65. The Morgan fingerprint density at radius 3 is 2.48 bits per heavy atom. The van der Waals surface area contributed by atoms with Crippen LogP contribution in [0.25, 0.3) is 0 Å². The fourth-order valence-corrected chi connectivity index (χ4v) is 2.08. The molecule has 0 aromatic heterocycles. The number of benzene rings is 1. The number of aliphatic hydroxyl groups excluding tert-OH is 1. The van der Waals surface area contributed by atoms with E-state index in [1.807, 2.05) is 0 Å². The van der Waals surface area contributed by atoms with Crippen LogP contribution in [0.3, 0.4) is 0 Å². The molecule has 116 valence electrons. The Morgan fingerprint density at radius 1 is 1.38 bits per heavy atom. The monoisotopic (exact) mass is 301 g/mol. The maximum absolute atomic E-state index is 13.7. The number of halogens is 2. The summed E-state index contributed by atoms with van der Waals surface area (Å²) in [5, 5.41) is 8.87. The van der Waals surface area contributed by atoms with Crippen LogP contribution in [0.2, 0.25) is 0 Å². The van der Waals surface area contributed by atoms with Gasteiger partial charge in [-0.15, -0.1) is 0 Å². The summed E-state index contributed by atoms with van der Waals surface area (Å²) in [6, 6.07) is 1.95. The van der Waals surface area contributed by atoms with Gasteiger partial charge in [0.1, 0.15) is 0 Å². The Morgan fingerprint density at radius 2 is 1.95 bits per heavy atom. The second kappa shape index (κ2) is 6.82. The molecule has 5 nitrogen and oxygen atoms in total. The molecule has 1 amide bonds. The number of carbonyl (C=O) groups is 1. The number of amides is 1. The first-order chi connectivity index (χ1) is 10.0. The summed E-state index contributed by atoms with van der Waals surface area (Å²) in [6.07, 6.45) is -1.01. The van der Waals surface area contributed by atoms with Gasteiger partial charge in [-0.1, -0.05) is 0 Å². The lowest BCUT2D eigenvalue weighted by atomic mass is 10.2. The van der Waals surface area contributed by atoms with Gasteiger partial charge < -0.3 is 19.5 Å². The number of nitrogens with zero attached hydrogens (tertiary/aromatic N) is 1. The van der Waals surface area contributed by atoms with Crippen molar-refractivity contribution in [3.8, 4) is 5.75 Å². The van der Waals surface area contributed by atoms with Crippen LogP contribution in [0.1, 0.15) is 12.5 Å². The molecule has 1 N–H and O–H groups in total. The molecule has 7 heteroatoms. The number of carbonyl (C=O) groups excluding carboxylic acids is 1. The zero-order valence-corrected chi connectivity index (χ0v) is 11.6. The summed E-state index contributed by atoms with van der Waals surface area (Å²) >= 11 is 0. The van der Waals surface area contributed by atoms with E-state index in [-0.39, 0.29) is 11.5 Å². The van der Waals surface area contributed by atoms with Gasteiger partial charge in [-0.2, -0.15) is 0 Å². The van der Waals surface area contributed by atoms with E-state index >= 15 is 0 Å². The first kappa shape index (κ1) is 15.7. The minimum Gasteiger partial charge on any atom is -0.475 e. The van der Waals surface area contributed by atoms with Gasteiger partial charge in [0.15, 0.2) is 23.5 Å². The Balaban J connectivity index is 2.08. The molecule has 0 saturated carbocycles. The fourth-order valence-electron chi connectivity index (χ4n) is 2.08. The molecule has 0 aliphatic carbocycles. The SMILES string of the molecule is CC(Oc1c(F)cc(CO)cc1F)C(=O)N1CCOCC1. The van der Waals surface area contributed by atoms with E-state index in [2.05, 4.69) is 0 Å². The molecule has 1 aliphatic rings. The standard InChI is InChI=1S/C14H17F2NO4/c1-9(14(19)17-2-4-20-5-3-17)21-13-11(15)6-10(8-18)7-12(13)16/h6-7,9,18H,2-5,8H2,1H3. The minimum atomic E-state index is -1.01. The highest BCUT2D eigenvalue weighted by Gasteiger charge is 2.26. The molecule has 1 heterocycles. The number of hydrogen-bond acceptors (Lipinski definition) is 4. The third kappa shape index (κ3) is 3.68. The zero-order valence-electron chi connectivity index (χ0n) is 11.6. The van der Waals surface area contributed by atoms with E-state index in [0.29, 0.717) is 26.3 Å². The molecule has 1 atom stereocenters.